The first kappa shape index (κ1) is 34.3. The lowest BCUT2D eigenvalue weighted by molar-refractivity contribution is 0.154. The second-order valence-corrected chi connectivity index (χ2v) is 24.4. The lowest BCUT2D eigenvalue weighted by atomic mass is 9.92. The van der Waals surface area contributed by atoms with Crippen molar-refractivity contribution in [1.82, 2.24) is 10.2 Å². The SMILES string of the molecule is [C-]#[N+]c1ccc(C[C@@H](c2nnc(-c3ccc(O[Si](C)(C)C(C)(C)C)c(Cl)c3)o2)[C@H](C)O[Si](C)(C)C(C)(C)C)c(C)c1Cl. The summed E-state index contributed by atoms with van der Waals surface area (Å²) in [5.74, 6) is 1.30. The molecule has 0 spiro atoms. The molecule has 2 aromatic carbocycles. The van der Waals surface area contributed by atoms with Gasteiger partial charge >= 0.3 is 0 Å². The van der Waals surface area contributed by atoms with Crippen LogP contribution >= 0.6 is 23.2 Å². The Bertz CT molecular complexity index is 1470. The monoisotopic (exact) mass is 645 g/mol. The molecular formula is C32H45Cl2N3O3Si2. The van der Waals surface area contributed by atoms with Gasteiger partial charge in [0.15, 0.2) is 8.32 Å². The Morgan fingerprint density at radius 2 is 1.57 bits per heavy atom. The highest BCUT2D eigenvalue weighted by atomic mass is 35.5. The number of aromatic nitrogens is 2. The lowest BCUT2D eigenvalue weighted by Crippen LogP contribution is -2.44. The molecule has 228 valence electrons. The molecule has 0 fully saturated rings. The van der Waals surface area contributed by atoms with E-state index in [0.717, 1.165) is 16.7 Å². The Kier molecular flexibility index (Phi) is 10.2. The molecule has 0 bridgehead atoms. The molecule has 0 unspecified atom stereocenters. The minimum atomic E-state index is -2.11. The summed E-state index contributed by atoms with van der Waals surface area (Å²) in [6.07, 6.45) is 0.364. The molecule has 1 aromatic heterocycles. The fraction of sp³-hybridized carbons (Fsp3) is 0.531. The number of halogens is 2. The van der Waals surface area contributed by atoms with Gasteiger partial charge in [-0.2, -0.15) is 0 Å². The number of benzene rings is 2. The van der Waals surface area contributed by atoms with Gasteiger partial charge < -0.3 is 13.3 Å². The van der Waals surface area contributed by atoms with Crippen molar-refractivity contribution in [2.24, 2.45) is 0 Å². The summed E-state index contributed by atoms with van der Waals surface area (Å²) in [6.45, 7) is 33.5. The van der Waals surface area contributed by atoms with Crippen LogP contribution in [0.1, 0.15) is 71.4 Å². The smallest absolute Gasteiger partial charge is 0.250 e. The van der Waals surface area contributed by atoms with Gasteiger partial charge in [0, 0.05) is 5.56 Å². The van der Waals surface area contributed by atoms with E-state index >= 15 is 0 Å². The van der Waals surface area contributed by atoms with Crippen LogP contribution in [-0.2, 0) is 10.8 Å². The van der Waals surface area contributed by atoms with E-state index < -0.39 is 16.6 Å². The van der Waals surface area contributed by atoms with Crippen molar-refractivity contribution >= 4 is 45.5 Å². The van der Waals surface area contributed by atoms with Crippen molar-refractivity contribution in [1.29, 1.82) is 0 Å². The molecule has 0 saturated carbocycles. The molecule has 0 N–H and O–H groups in total. The summed E-state index contributed by atoms with van der Waals surface area (Å²) in [5, 5.41) is 9.98. The Morgan fingerprint density at radius 1 is 0.952 bits per heavy atom. The highest BCUT2D eigenvalue weighted by Crippen LogP contribution is 2.42. The average molecular weight is 647 g/mol. The van der Waals surface area contributed by atoms with E-state index in [0.29, 0.717) is 39.7 Å². The van der Waals surface area contributed by atoms with E-state index in [1.54, 1.807) is 6.07 Å². The first-order chi connectivity index (χ1) is 19.2. The fourth-order valence-corrected chi connectivity index (χ4v) is 7.07. The van der Waals surface area contributed by atoms with Crippen LogP contribution in [0.25, 0.3) is 16.3 Å². The summed E-state index contributed by atoms with van der Waals surface area (Å²) in [6, 6.07) is 9.33. The number of hydrogen-bond acceptors (Lipinski definition) is 5. The molecule has 0 amide bonds. The van der Waals surface area contributed by atoms with Gasteiger partial charge in [-0.25, -0.2) is 4.85 Å². The molecule has 0 radical (unpaired) electrons. The normalized spacial score (nSPS) is 14.4. The second-order valence-electron chi connectivity index (χ2n) is 14.1. The third-order valence-electron chi connectivity index (χ3n) is 9.00. The van der Waals surface area contributed by atoms with Crippen LogP contribution in [-0.4, -0.2) is 32.9 Å². The van der Waals surface area contributed by atoms with Gasteiger partial charge in [-0.1, -0.05) is 76.9 Å². The molecule has 0 aliphatic heterocycles. The molecule has 6 nitrogen and oxygen atoms in total. The van der Waals surface area contributed by atoms with Crippen molar-refractivity contribution in [3.8, 4) is 17.2 Å². The molecule has 3 aromatic rings. The van der Waals surface area contributed by atoms with Crippen molar-refractivity contribution in [2.75, 3.05) is 0 Å². The Morgan fingerprint density at radius 3 is 2.12 bits per heavy atom. The lowest BCUT2D eigenvalue weighted by Gasteiger charge is -2.40. The highest BCUT2D eigenvalue weighted by molar-refractivity contribution is 6.75. The van der Waals surface area contributed by atoms with Gasteiger partial charge in [0.05, 0.1) is 28.6 Å². The number of hydrogen-bond donors (Lipinski definition) is 0. The Balaban J connectivity index is 1.99. The summed E-state index contributed by atoms with van der Waals surface area (Å²) in [7, 11) is -4.16. The summed E-state index contributed by atoms with van der Waals surface area (Å²) < 4.78 is 19.6. The van der Waals surface area contributed by atoms with E-state index in [9.17, 15) is 0 Å². The van der Waals surface area contributed by atoms with Crippen LogP contribution < -0.4 is 4.43 Å². The van der Waals surface area contributed by atoms with E-state index in [-0.39, 0.29) is 22.1 Å². The summed E-state index contributed by atoms with van der Waals surface area (Å²) in [4.78, 5) is 3.54. The molecule has 0 aliphatic rings. The van der Waals surface area contributed by atoms with Crippen LogP contribution in [0.3, 0.4) is 0 Å². The average Bonchev–Trinajstić information content (AvgIpc) is 3.34. The van der Waals surface area contributed by atoms with Crippen molar-refractivity contribution in [3.63, 3.8) is 0 Å². The number of nitrogens with zero attached hydrogens (tertiary/aromatic N) is 3. The molecule has 2 atom stereocenters. The van der Waals surface area contributed by atoms with Crippen molar-refractivity contribution in [2.45, 2.75) is 110 Å². The van der Waals surface area contributed by atoms with Crippen LogP contribution in [0.4, 0.5) is 5.69 Å². The topological polar surface area (TPSA) is 61.7 Å². The second kappa shape index (κ2) is 12.5. The minimum absolute atomic E-state index is 0.0350. The fourth-order valence-electron chi connectivity index (χ4n) is 4.08. The van der Waals surface area contributed by atoms with Gasteiger partial charge in [0.1, 0.15) is 5.75 Å². The zero-order chi connectivity index (χ0) is 31.8. The van der Waals surface area contributed by atoms with Gasteiger partial charge in [-0.3, -0.25) is 0 Å². The molecule has 10 heteroatoms. The van der Waals surface area contributed by atoms with Crippen LogP contribution in [0.2, 0.25) is 46.3 Å². The number of rotatable bonds is 9. The van der Waals surface area contributed by atoms with Gasteiger partial charge in [0.25, 0.3) is 8.32 Å². The first-order valence-corrected chi connectivity index (χ1v) is 20.9. The highest BCUT2D eigenvalue weighted by Gasteiger charge is 2.41. The third kappa shape index (κ3) is 7.49. The van der Waals surface area contributed by atoms with Crippen LogP contribution in [0, 0.1) is 13.5 Å². The Hall–Kier alpha value is -2.16. The first-order valence-electron chi connectivity index (χ1n) is 14.3. The van der Waals surface area contributed by atoms with E-state index in [2.05, 4.69) is 89.7 Å². The third-order valence-corrected chi connectivity index (χ3v) is 18.7. The van der Waals surface area contributed by atoms with Crippen molar-refractivity contribution in [3.05, 3.63) is 68.8 Å². The standard InChI is InChI=1S/C32H45Cl2N3O3Si2/c1-20-22(14-16-26(35-9)28(20)34)18-24(21(2)39-41(10,11)31(3,4)5)30-37-36-29(38-30)23-15-17-27(25(33)19-23)40-42(12,13)32(6,7)8/h14-17,19,21,24H,18H2,1-8,10-13H3/t21-,24+/m0/s1. The van der Waals surface area contributed by atoms with Crippen LogP contribution in [0.15, 0.2) is 34.7 Å². The predicted molar refractivity (Wildman–Crippen MR) is 179 cm³/mol. The predicted octanol–water partition coefficient (Wildman–Crippen LogP) is 11.0. The van der Waals surface area contributed by atoms with Gasteiger partial charge in [-0.05, 0) is 85.9 Å². The quantitative estimate of drug-likeness (QED) is 0.171. The molecule has 0 saturated heterocycles. The molecule has 42 heavy (non-hydrogen) atoms. The maximum atomic E-state index is 7.41. The minimum Gasteiger partial charge on any atom is -0.543 e. The van der Waals surface area contributed by atoms with Crippen LogP contribution in [0.5, 0.6) is 5.75 Å². The maximum Gasteiger partial charge on any atom is 0.250 e. The van der Waals surface area contributed by atoms with Crippen molar-refractivity contribution < 1.29 is 13.3 Å². The van der Waals surface area contributed by atoms with Gasteiger partial charge in [-0.15, -0.1) is 10.2 Å². The zero-order valence-corrected chi connectivity index (χ0v) is 30.6. The molecular weight excluding hydrogens is 601 g/mol. The van der Waals surface area contributed by atoms with E-state index in [4.69, 9.17) is 43.0 Å². The Labute approximate surface area is 264 Å². The molecule has 1 heterocycles. The maximum absolute atomic E-state index is 7.41. The largest absolute Gasteiger partial charge is 0.543 e. The van der Waals surface area contributed by atoms with E-state index in [1.807, 2.05) is 31.2 Å². The zero-order valence-electron chi connectivity index (χ0n) is 27.1. The summed E-state index contributed by atoms with van der Waals surface area (Å²) in [5.41, 5.74) is 3.05. The van der Waals surface area contributed by atoms with Gasteiger partial charge in [0.2, 0.25) is 17.5 Å². The summed E-state index contributed by atoms with van der Waals surface area (Å²) >= 11 is 13.2. The van der Waals surface area contributed by atoms with E-state index in [1.165, 1.54) is 0 Å². The molecule has 0 aliphatic carbocycles. The molecule has 3 rings (SSSR count).